The van der Waals surface area contributed by atoms with Crippen molar-refractivity contribution in [2.45, 2.75) is 32.7 Å². The SMILES string of the molecule is CNC(=O)c1cc2c(cc1N(C)C)CN(CC(=O)c1cccc(C(C)(C)C)c1)C2=N. The van der Waals surface area contributed by atoms with Crippen molar-refractivity contribution < 1.29 is 9.59 Å². The van der Waals surface area contributed by atoms with Crippen LogP contribution >= 0.6 is 0 Å². The van der Waals surface area contributed by atoms with Gasteiger partial charge in [-0.1, -0.05) is 39.0 Å². The lowest BCUT2D eigenvalue weighted by Gasteiger charge is -2.20. The van der Waals surface area contributed by atoms with E-state index in [0.717, 1.165) is 16.8 Å². The second-order valence-corrected chi connectivity index (χ2v) is 8.96. The minimum Gasteiger partial charge on any atom is -0.377 e. The fourth-order valence-corrected chi connectivity index (χ4v) is 3.68. The first-order valence-electron chi connectivity index (χ1n) is 10.1. The molecular weight excluding hydrogens is 376 g/mol. The Kier molecular flexibility index (Phi) is 5.70. The van der Waals surface area contributed by atoms with E-state index in [-0.39, 0.29) is 29.5 Å². The summed E-state index contributed by atoms with van der Waals surface area (Å²) in [7, 11) is 5.37. The van der Waals surface area contributed by atoms with Crippen LogP contribution in [-0.4, -0.2) is 50.1 Å². The van der Waals surface area contributed by atoms with Gasteiger partial charge in [0.25, 0.3) is 5.91 Å². The predicted molar refractivity (Wildman–Crippen MR) is 121 cm³/mol. The minimum atomic E-state index is -0.192. The highest BCUT2D eigenvalue weighted by atomic mass is 16.1. The van der Waals surface area contributed by atoms with Gasteiger partial charge < -0.3 is 15.1 Å². The van der Waals surface area contributed by atoms with Gasteiger partial charge in [0.1, 0.15) is 5.84 Å². The number of hydrogen-bond donors (Lipinski definition) is 2. The average Bonchev–Trinajstić information content (AvgIpc) is 3.00. The molecule has 1 heterocycles. The second kappa shape index (κ2) is 7.94. The standard InChI is InChI=1S/C24H30N4O2/c1-24(2,3)17-9-7-8-15(10-17)21(29)14-28-13-16-11-20(27(5)6)19(23(30)26-4)12-18(16)22(28)25/h7-12,25H,13-14H2,1-6H3,(H,26,30). The van der Waals surface area contributed by atoms with E-state index in [2.05, 4.69) is 26.1 Å². The van der Waals surface area contributed by atoms with Crippen LogP contribution in [0.1, 0.15) is 58.2 Å². The van der Waals surface area contributed by atoms with Crippen LogP contribution in [-0.2, 0) is 12.0 Å². The van der Waals surface area contributed by atoms with Crippen LogP contribution in [0, 0.1) is 5.41 Å². The molecule has 0 saturated heterocycles. The molecule has 158 valence electrons. The fraction of sp³-hybridized carbons (Fsp3) is 0.375. The Morgan fingerprint density at radius 2 is 1.87 bits per heavy atom. The Bertz CT molecular complexity index is 1020. The number of fused-ring (bicyclic) bond motifs is 1. The largest absolute Gasteiger partial charge is 0.377 e. The number of amides is 1. The summed E-state index contributed by atoms with van der Waals surface area (Å²) in [4.78, 5) is 28.9. The van der Waals surface area contributed by atoms with Gasteiger partial charge in [-0.05, 0) is 34.7 Å². The molecule has 0 aromatic heterocycles. The van der Waals surface area contributed by atoms with Crippen molar-refractivity contribution in [3.05, 3.63) is 64.2 Å². The first-order valence-corrected chi connectivity index (χ1v) is 10.1. The van der Waals surface area contributed by atoms with E-state index in [0.29, 0.717) is 23.2 Å². The molecule has 0 aliphatic carbocycles. The summed E-state index contributed by atoms with van der Waals surface area (Å²) in [5.41, 5.74) is 4.71. The second-order valence-electron chi connectivity index (χ2n) is 8.96. The van der Waals surface area contributed by atoms with Crippen molar-refractivity contribution in [3.8, 4) is 0 Å². The van der Waals surface area contributed by atoms with Gasteiger partial charge >= 0.3 is 0 Å². The van der Waals surface area contributed by atoms with Gasteiger partial charge in [0.05, 0.1) is 12.1 Å². The lowest BCUT2D eigenvalue weighted by atomic mass is 9.86. The van der Waals surface area contributed by atoms with Gasteiger partial charge in [-0.25, -0.2) is 0 Å². The lowest BCUT2D eigenvalue weighted by molar-refractivity contribution is 0.0955. The van der Waals surface area contributed by atoms with Gasteiger partial charge in [0.2, 0.25) is 0 Å². The summed E-state index contributed by atoms with van der Waals surface area (Å²) in [6, 6.07) is 11.4. The molecule has 1 aliphatic rings. The number of benzene rings is 2. The number of nitrogens with one attached hydrogen (secondary N) is 2. The number of amidine groups is 1. The highest BCUT2D eigenvalue weighted by Gasteiger charge is 2.29. The summed E-state index contributed by atoms with van der Waals surface area (Å²) in [5, 5.41) is 11.2. The Morgan fingerprint density at radius 3 is 2.47 bits per heavy atom. The predicted octanol–water partition coefficient (Wildman–Crippen LogP) is 3.43. The van der Waals surface area contributed by atoms with Gasteiger partial charge in [0, 0.05) is 44.5 Å². The Hall–Kier alpha value is -3.15. The van der Waals surface area contributed by atoms with Crippen molar-refractivity contribution in [1.82, 2.24) is 10.2 Å². The van der Waals surface area contributed by atoms with Crippen molar-refractivity contribution in [3.63, 3.8) is 0 Å². The monoisotopic (exact) mass is 406 g/mol. The van der Waals surface area contributed by atoms with Crippen LogP contribution in [0.4, 0.5) is 5.69 Å². The van der Waals surface area contributed by atoms with Crippen molar-refractivity contribution >= 4 is 23.2 Å². The molecule has 1 aliphatic heterocycles. The van der Waals surface area contributed by atoms with E-state index >= 15 is 0 Å². The number of anilines is 1. The van der Waals surface area contributed by atoms with Gasteiger partial charge in [-0.3, -0.25) is 15.0 Å². The number of carbonyl (C=O) groups excluding carboxylic acids is 2. The molecule has 2 aromatic rings. The maximum atomic E-state index is 13.0. The topological polar surface area (TPSA) is 76.5 Å². The van der Waals surface area contributed by atoms with Crippen molar-refractivity contribution in [2.75, 3.05) is 32.6 Å². The van der Waals surface area contributed by atoms with Crippen LogP contribution in [0.5, 0.6) is 0 Å². The zero-order valence-electron chi connectivity index (χ0n) is 18.6. The zero-order valence-corrected chi connectivity index (χ0v) is 18.6. The number of ketones is 1. The maximum absolute atomic E-state index is 13.0. The highest BCUT2D eigenvalue weighted by molar-refractivity contribution is 6.08. The molecule has 1 amide bonds. The van der Waals surface area contributed by atoms with Gasteiger partial charge in [0.15, 0.2) is 5.78 Å². The van der Waals surface area contributed by atoms with Crippen LogP contribution in [0.2, 0.25) is 0 Å². The molecular formula is C24H30N4O2. The third-order valence-corrected chi connectivity index (χ3v) is 5.49. The molecule has 30 heavy (non-hydrogen) atoms. The van der Waals surface area contributed by atoms with E-state index in [1.807, 2.05) is 49.3 Å². The van der Waals surface area contributed by atoms with Crippen LogP contribution in [0.25, 0.3) is 0 Å². The van der Waals surface area contributed by atoms with E-state index in [4.69, 9.17) is 5.41 Å². The van der Waals surface area contributed by atoms with Crippen molar-refractivity contribution in [2.24, 2.45) is 0 Å². The number of carbonyl (C=O) groups is 2. The molecule has 0 bridgehead atoms. The molecule has 0 spiro atoms. The summed E-state index contributed by atoms with van der Waals surface area (Å²) < 4.78 is 0. The van der Waals surface area contributed by atoms with Crippen molar-refractivity contribution in [1.29, 1.82) is 5.41 Å². The Morgan fingerprint density at radius 1 is 1.17 bits per heavy atom. The molecule has 0 radical (unpaired) electrons. The first-order chi connectivity index (χ1) is 14.0. The van der Waals surface area contributed by atoms with E-state index < -0.39 is 0 Å². The molecule has 6 nitrogen and oxygen atoms in total. The van der Waals surface area contributed by atoms with Crippen LogP contribution in [0.15, 0.2) is 36.4 Å². The Balaban J connectivity index is 1.86. The first kappa shape index (κ1) is 21.6. The lowest BCUT2D eigenvalue weighted by Crippen LogP contribution is -2.30. The van der Waals surface area contributed by atoms with Crippen LogP contribution in [0.3, 0.4) is 0 Å². The number of rotatable bonds is 5. The number of hydrogen-bond acceptors (Lipinski definition) is 4. The summed E-state index contributed by atoms with van der Waals surface area (Å²) >= 11 is 0. The van der Waals surface area contributed by atoms with Gasteiger partial charge in [-0.15, -0.1) is 0 Å². The summed E-state index contributed by atoms with van der Waals surface area (Å²) in [6.07, 6.45) is 0. The molecule has 6 heteroatoms. The Labute approximate surface area is 178 Å². The average molecular weight is 407 g/mol. The molecule has 2 aromatic carbocycles. The number of Topliss-reactive ketones (excluding diaryl/α,β-unsaturated/α-hetero) is 1. The minimum absolute atomic E-state index is 0.0157. The smallest absolute Gasteiger partial charge is 0.253 e. The summed E-state index contributed by atoms with van der Waals surface area (Å²) in [6.45, 7) is 6.97. The highest BCUT2D eigenvalue weighted by Crippen LogP contribution is 2.31. The molecule has 0 atom stereocenters. The molecule has 0 fully saturated rings. The molecule has 0 saturated carbocycles. The molecule has 0 unspecified atom stereocenters. The number of nitrogens with zero attached hydrogens (tertiary/aromatic N) is 2. The van der Waals surface area contributed by atoms with Gasteiger partial charge in [-0.2, -0.15) is 0 Å². The molecule has 2 N–H and O–H groups in total. The van der Waals surface area contributed by atoms with E-state index in [1.54, 1.807) is 18.0 Å². The maximum Gasteiger partial charge on any atom is 0.253 e. The quantitative estimate of drug-likeness (QED) is 0.746. The fourth-order valence-electron chi connectivity index (χ4n) is 3.68. The third kappa shape index (κ3) is 4.08. The molecule has 3 rings (SSSR count). The van der Waals surface area contributed by atoms with E-state index in [9.17, 15) is 9.59 Å². The van der Waals surface area contributed by atoms with Crippen LogP contribution < -0.4 is 10.2 Å². The normalized spacial score (nSPS) is 13.3. The summed E-state index contributed by atoms with van der Waals surface area (Å²) in [5.74, 6) is 0.0709. The van der Waals surface area contributed by atoms with E-state index in [1.165, 1.54) is 0 Å². The zero-order chi connectivity index (χ0) is 22.2. The third-order valence-electron chi connectivity index (χ3n) is 5.49.